The van der Waals surface area contributed by atoms with Crippen LogP contribution in [0, 0.1) is 0 Å². The molecule has 2 aromatic rings. The molecule has 0 unspecified atom stereocenters. The van der Waals surface area contributed by atoms with Crippen molar-refractivity contribution in [3.63, 3.8) is 0 Å². The first-order valence-corrected chi connectivity index (χ1v) is 8.80. The first-order valence-electron chi connectivity index (χ1n) is 8.04. The summed E-state index contributed by atoms with van der Waals surface area (Å²) < 4.78 is 5.71. The van der Waals surface area contributed by atoms with Gasteiger partial charge in [-0.25, -0.2) is 0 Å². The van der Waals surface area contributed by atoms with Gasteiger partial charge in [0.15, 0.2) is 5.60 Å². The van der Waals surface area contributed by atoms with Gasteiger partial charge in [-0.3, -0.25) is 9.59 Å². The lowest BCUT2D eigenvalue weighted by Crippen LogP contribution is -2.48. The van der Waals surface area contributed by atoms with E-state index < -0.39 is 5.60 Å². The zero-order chi connectivity index (χ0) is 19.2. The second kappa shape index (κ2) is 8.92. The van der Waals surface area contributed by atoms with Gasteiger partial charge in [0.2, 0.25) is 0 Å². The molecule has 138 valence electrons. The van der Waals surface area contributed by atoms with Crippen molar-refractivity contribution in [3.05, 3.63) is 64.1 Å². The van der Waals surface area contributed by atoms with Crippen molar-refractivity contribution in [1.82, 2.24) is 10.6 Å². The van der Waals surface area contributed by atoms with Crippen LogP contribution >= 0.6 is 23.2 Å². The molecule has 26 heavy (non-hydrogen) atoms. The van der Waals surface area contributed by atoms with Gasteiger partial charge in [0.1, 0.15) is 5.75 Å². The standard InChI is InChI=1S/C19H20Cl2N2O3/c1-19(2,26-16-9-7-15(21)8-10-16)18(25)23-12-11-22-17(24)13-3-5-14(20)6-4-13/h3-10H,11-12H2,1-2H3,(H,22,24)(H,23,25). The molecule has 0 aromatic heterocycles. The second-order valence-corrected chi connectivity index (χ2v) is 6.96. The molecule has 0 atom stereocenters. The molecule has 2 rings (SSSR count). The highest BCUT2D eigenvalue weighted by atomic mass is 35.5. The summed E-state index contributed by atoms with van der Waals surface area (Å²) in [5, 5.41) is 6.63. The number of halogens is 2. The fourth-order valence-corrected chi connectivity index (χ4v) is 2.36. The molecule has 0 bridgehead atoms. The summed E-state index contributed by atoms with van der Waals surface area (Å²) in [5.41, 5.74) is -0.555. The van der Waals surface area contributed by atoms with Crippen LogP contribution in [0.15, 0.2) is 48.5 Å². The van der Waals surface area contributed by atoms with E-state index in [0.29, 0.717) is 27.9 Å². The second-order valence-electron chi connectivity index (χ2n) is 6.08. The third kappa shape index (κ3) is 5.93. The minimum Gasteiger partial charge on any atom is -0.478 e. The number of ether oxygens (including phenoxy) is 1. The van der Waals surface area contributed by atoms with E-state index in [9.17, 15) is 9.59 Å². The number of hydrogen-bond donors (Lipinski definition) is 2. The summed E-state index contributed by atoms with van der Waals surface area (Å²) >= 11 is 11.6. The topological polar surface area (TPSA) is 67.4 Å². The molecule has 2 N–H and O–H groups in total. The highest BCUT2D eigenvalue weighted by Gasteiger charge is 2.29. The molecular formula is C19H20Cl2N2O3. The van der Waals surface area contributed by atoms with Crippen LogP contribution in [-0.2, 0) is 4.79 Å². The van der Waals surface area contributed by atoms with Gasteiger partial charge in [-0.05, 0) is 62.4 Å². The van der Waals surface area contributed by atoms with Gasteiger partial charge < -0.3 is 15.4 Å². The van der Waals surface area contributed by atoms with Gasteiger partial charge in [-0.2, -0.15) is 0 Å². The van der Waals surface area contributed by atoms with Crippen molar-refractivity contribution in [2.24, 2.45) is 0 Å². The molecule has 0 aliphatic heterocycles. The van der Waals surface area contributed by atoms with E-state index in [2.05, 4.69) is 10.6 Å². The van der Waals surface area contributed by atoms with Crippen molar-refractivity contribution < 1.29 is 14.3 Å². The number of carbonyl (C=O) groups excluding carboxylic acids is 2. The van der Waals surface area contributed by atoms with E-state index in [0.717, 1.165) is 0 Å². The normalized spacial score (nSPS) is 10.9. The Balaban J connectivity index is 1.77. The predicted octanol–water partition coefficient (Wildman–Crippen LogP) is 3.70. The molecule has 5 nitrogen and oxygen atoms in total. The van der Waals surface area contributed by atoms with E-state index in [1.54, 1.807) is 62.4 Å². The summed E-state index contributed by atoms with van der Waals surface area (Å²) in [6, 6.07) is 13.4. The molecule has 2 amide bonds. The Kier molecular flexibility index (Phi) is 6.89. The molecule has 0 saturated carbocycles. The minimum atomic E-state index is -1.06. The third-order valence-electron chi connectivity index (χ3n) is 3.54. The van der Waals surface area contributed by atoms with Crippen LogP contribution in [0.3, 0.4) is 0 Å². The Labute approximate surface area is 162 Å². The van der Waals surface area contributed by atoms with Crippen LogP contribution in [0.5, 0.6) is 5.75 Å². The maximum Gasteiger partial charge on any atom is 0.263 e. The first kappa shape index (κ1) is 20.1. The Morgan fingerprint density at radius 2 is 1.38 bits per heavy atom. The van der Waals surface area contributed by atoms with Gasteiger partial charge in [0.05, 0.1) is 0 Å². The Morgan fingerprint density at radius 3 is 1.96 bits per heavy atom. The molecule has 7 heteroatoms. The van der Waals surface area contributed by atoms with Crippen molar-refractivity contribution in [2.45, 2.75) is 19.4 Å². The molecule has 0 aliphatic rings. The number of benzene rings is 2. The van der Waals surface area contributed by atoms with Gasteiger partial charge in [-0.15, -0.1) is 0 Å². The first-order chi connectivity index (χ1) is 12.3. The van der Waals surface area contributed by atoms with Gasteiger partial charge >= 0.3 is 0 Å². The average molecular weight is 395 g/mol. The van der Waals surface area contributed by atoms with Crippen LogP contribution in [0.1, 0.15) is 24.2 Å². The maximum atomic E-state index is 12.3. The number of carbonyl (C=O) groups is 2. The van der Waals surface area contributed by atoms with E-state index in [1.165, 1.54) is 0 Å². The van der Waals surface area contributed by atoms with Crippen LogP contribution in [0.4, 0.5) is 0 Å². The summed E-state index contributed by atoms with van der Waals surface area (Å²) in [6.07, 6.45) is 0. The van der Waals surface area contributed by atoms with Crippen LogP contribution in [0.25, 0.3) is 0 Å². The molecule has 0 fully saturated rings. The molecule has 0 heterocycles. The lowest BCUT2D eigenvalue weighted by Gasteiger charge is -2.25. The molecule has 2 aromatic carbocycles. The molecule has 0 saturated heterocycles. The van der Waals surface area contributed by atoms with Crippen LogP contribution in [-0.4, -0.2) is 30.5 Å². The Hall–Kier alpha value is -2.24. The smallest absolute Gasteiger partial charge is 0.263 e. The molecule has 0 aliphatic carbocycles. The fraction of sp³-hybridized carbons (Fsp3) is 0.263. The largest absolute Gasteiger partial charge is 0.478 e. The zero-order valence-corrected chi connectivity index (χ0v) is 16.0. The number of hydrogen-bond acceptors (Lipinski definition) is 3. The van der Waals surface area contributed by atoms with Gasteiger partial charge in [0, 0.05) is 28.7 Å². The third-order valence-corrected chi connectivity index (χ3v) is 4.04. The highest BCUT2D eigenvalue weighted by molar-refractivity contribution is 6.30. The average Bonchev–Trinajstić information content (AvgIpc) is 2.60. The number of amides is 2. The highest BCUT2D eigenvalue weighted by Crippen LogP contribution is 2.20. The number of rotatable bonds is 7. The van der Waals surface area contributed by atoms with Crippen molar-refractivity contribution in [2.75, 3.05) is 13.1 Å². The summed E-state index contributed by atoms with van der Waals surface area (Å²) in [7, 11) is 0. The summed E-state index contributed by atoms with van der Waals surface area (Å²) in [4.78, 5) is 24.3. The van der Waals surface area contributed by atoms with Crippen LogP contribution in [0.2, 0.25) is 10.0 Å². The van der Waals surface area contributed by atoms with Crippen molar-refractivity contribution in [3.8, 4) is 5.75 Å². The maximum absolute atomic E-state index is 12.3. The summed E-state index contributed by atoms with van der Waals surface area (Å²) in [5.74, 6) is 0.0337. The van der Waals surface area contributed by atoms with E-state index in [1.807, 2.05) is 0 Å². The summed E-state index contributed by atoms with van der Waals surface area (Å²) in [6.45, 7) is 3.92. The Morgan fingerprint density at radius 1 is 0.885 bits per heavy atom. The van der Waals surface area contributed by atoms with E-state index in [-0.39, 0.29) is 18.4 Å². The van der Waals surface area contributed by atoms with Gasteiger partial charge in [-0.1, -0.05) is 23.2 Å². The monoisotopic (exact) mass is 394 g/mol. The SMILES string of the molecule is CC(C)(Oc1ccc(Cl)cc1)C(=O)NCCNC(=O)c1ccc(Cl)cc1. The number of nitrogens with one attached hydrogen (secondary N) is 2. The lowest BCUT2D eigenvalue weighted by atomic mass is 10.1. The fourth-order valence-electron chi connectivity index (χ4n) is 2.11. The lowest BCUT2D eigenvalue weighted by molar-refractivity contribution is -0.134. The van der Waals surface area contributed by atoms with E-state index >= 15 is 0 Å². The Bertz CT molecular complexity index is 759. The van der Waals surface area contributed by atoms with Crippen LogP contribution < -0.4 is 15.4 Å². The van der Waals surface area contributed by atoms with E-state index in [4.69, 9.17) is 27.9 Å². The molecule has 0 spiro atoms. The van der Waals surface area contributed by atoms with Crippen molar-refractivity contribution >= 4 is 35.0 Å². The quantitative estimate of drug-likeness (QED) is 0.703. The zero-order valence-electron chi connectivity index (χ0n) is 14.5. The van der Waals surface area contributed by atoms with Crippen molar-refractivity contribution in [1.29, 1.82) is 0 Å². The molecule has 0 radical (unpaired) electrons. The predicted molar refractivity (Wildman–Crippen MR) is 103 cm³/mol. The van der Waals surface area contributed by atoms with Gasteiger partial charge in [0.25, 0.3) is 11.8 Å². The minimum absolute atomic E-state index is 0.229. The molecular weight excluding hydrogens is 375 g/mol.